The largest absolute Gasteiger partial charge is 0.481 e. The van der Waals surface area contributed by atoms with Crippen molar-refractivity contribution in [2.75, 3.05) is 0 Å². The van der Waals surface area contributed by atoms with E-state index in [1.54, 1.807) is 0 Å². The monoisotopic (exact) mass is 232 g/mol. The number of carboxylic acid groups (broad SMARTS) is 1. The molecule has 0 saturated heterocycles. The second kappa shape index (κ2) is 5.35. The fourth-order valence-corrected chi connectivity index (χ4v) is 2.86. The van der Waals surface area contributed by atoms with Crippen LogP contribution < -0.4 is 0 Å². The van der Waals surface area contributed by atoms with E-state index in [9.17, 15) is 9.90 Å². The molecule has 1 N–H and O–H groups in total. The molecule has 1 saturated carbocycles. The van der Waals surface area contributed by atoms with Gasteiger partial charge in [0, 0.05) is 0 Å². The van der Waals surface area contributed by atoms with Gasteiger partial charge in [0.05, 0.1) is 5.92 Å². The van der Waals surface area contributed by atoms with E-state index in [0.29, 0.717) is 5.92 Å². The average molecular weight is 232 g/mol. The first kappa shape index (κ1) is 12.2. The van der Waals surface area contributed by atoms with Crippen LogP contribution >= 0.6 is 0 Å². The second-order valence-electron chi connectivity index (χ2n) is 5.12. The molecule has 0 heterocycles. The summed E-state index contributed by atoms with van der Waals surface area (Å²) in [7, 11) is 0. The topological polar surface area (TPSA) is 37.3 Å². The average Bonchev–Trinajstić information content (AvgIpc) is 2.33. The van der Waals surface area contributed by atoms with Gasteiger partial charge in [-0.2, -0.15) is 0 Å². The number of benzene rings is 1. The van der Waals surface area contributed by atoms with Crippen molar-refractivity contribution >= 4 is 5.97 Å². The summed E-state index contributed by atoms with van der Waals surface area (Å²) in [5.74, 6) is -0.652. The van der Waals surface area contributed by atoms with Crippen molar-refractivity contribution in [3.8, 4) is 0 Å². The first-order valence-electron chi connectivity index (χ1n) is 6.48. The standard InChI is InChI=1S/C15H20O2/c1-11-7-9-13(10-8-11)14(15(16)17)12-5-3-2-4-6-12/h7-10,12,14H,2-6H2,1H3,(H,16,17)/t14-/m0/s1. The van der Waals surface area contributed by atoms with E-state index in [-0.39, 0.29) is 5.92 Å². The van der Waals surface area contributed by atoms with Gasteiger partial charge in [-0.3, -0.25) is 4.79 Å². The quantitative estimate of drug-likeness (QED) is 0.861. The molecule has 1 aliphatic carbocycles. The molecule has 0 aliphatic heterocycles. The van der Waals surface area contributed by atoms with Crippen LogP contribution in [0.4, 0.5) is 0 Å². The van der Waals surface area contributed by atoms with Crippen LogP contribution in [0.1, 0.15) is 49.1 Å². The Morgan fingerprint density at radius 3 is 2.29 bits per heavy atom. The lowest BCUT2D eigenvalue weighted by Crippen LogP contribution is -2.23. The Labute approximate surface area is 103 Å². The Bertz CT molecular complexity index is 374. The van der Waals surface area contributed by atoms with Gasteiger partial charge in [-0.05, 0) is 31.2 Å². The third-order valence-electron chi connectivity index (χ3n) is 3.82. The van der Waals surface area contributed by atoms with Crippen molar-refractivity contribution in [2.45, 2.75) is 44.9 Å². The molecule has 1 fully saturated rings. The zero-order chi connectivity index (χ0) is 12.3. The highest BCUT2D eigenvalue weighted by molar-refractivity contribution is 5.76. The molecule has 0 unspecified atom stereocenters. The Kier molecular flexibility index (Phi) is 3.82. The number of carbonyl (C=O) groups is 1. The van der Waals surface area contributed by atoms with Crippen molar-refractivity contribution in [2.24, 2.45) is 5.92 Å². The first-order valence-corrected chi connectivity index (χ1v) is 6.48. The van der Waals surface area contributed by atoms with Gasteiger partial charge in [0.15, 0.2) is 0 Å². The summed E-state index contributed by atoms with van der Waals surface area (Å²) >= 11 is 0. The fourth-order valence-electron chi connectivity index (χ4n) is 2.86. The molecule has 1 aliphatic rings. The minimum absolute atomic E-state index is 0.309. The smallest absolute Gasteiger partial charge is 0.311 e. The predicted molar refractivity (Wildman–Crippen MR) is 68.1 cm³/mol. The van der Waals surface area contributed by atoms with Crippen LogP contribution in [0.15, 0.2) is 24.3 Å². The molecular weight excluding hydrogens is 212 g/mol. The minimum Gasteiger partial charge on any atom is -0.481 e. The lowest BCUT2D eigenvalue weighted by atomic mass is 9.77. The van der Waals surface area contributed by atoms with Crippen molar-refractivity contribution in [3.63, 3.8) is 0 Å². The molecule has 2 rings (SSSR count). The maximum absolute atomic E-state index is 11.5. The second-order valence-corrected chi connectivity index (χ2v) is 5.12. The first-order chi connectivity index (χ1) is 8.18. The number of aryl methyl sites for hydroxylation is 1. The molecule has 17 heavy (non-hydrogen) atoms. The van der Waals surface area contributed by atoms with Crippen molar-refractivity contribution < 1.29 is 9.90 Å². The number of hydrogen-bond acceptors (Lipinski definition) is 1. The van der Waals surface area contributed by atoms with E-state index in [4.69, 9.17) is 0 Å². The van der Waals surface area contributed by atoms with E-state index in [1.165, 1.54) is 24.8 Å². The van der Waals surface area contributed by atoms with Crippen LogP contribution in [-0.4, -0.2) is 11.1 Å². The lowest BCUT2D eigenvalue weighted by molar-refractivity contribution is -0.140. The highest BCUT2D eigenvalue weighted by Crippen LogP contribution is 2.36. The zero-order valence-corrected chi connectivity index (χ0v) is 10.4. The lowest BCUT2D eigenvalue weighted by Gasteiger charge is -2.27. The molecule has 0 bridgehead atoms. The van der Waals surface area contributed by atoms with Crippen LogP contribution in [0.3, 0.4) is 0 Å². The number of carboxylic acids is 1. The number of hydrogen-bond donors (Lipinski definition) is 1. The third kappa shape index (κ3) is 2.87. The fraction of sp³-hybridized carbons (Fsp3) is 0.533. The molecule has 92 valence electrons. The summed E-state index contributed by atoms with van der Waals surface area (Å²) in [6.07, 6.45) is 5.74. The summed E-state index contributed by atoms with van der Waals surface area (Å²) in [6.45, 7) is 2.03. The zero-order valence-electron chi connectivity index (χ0n) is 10.4. The molecule has 1 aromatic carbocycles. The molecule has 2 heteroatoms. The number of rotatable bonds is 3. The molecule has 0 radical (unpaired) electrons. The Morgan fingerprint density at radius 2 is 1.76 bits per heavy atom. The van der Waals surface area contributed by atoms with Crippen LogP contribution in [0.5, 0.6) is 0 Å². The molecular formula is C15H20O2. The third-order valence-corrected chi connectivity index (χ3v) is 3.82. The normalized spacial score (nSPS) is 18.9. The van der Waals surface area contributed by atoms with Crippen molar-refractivity contribution in [3.05, 3.63) is 35.4 Å². The molecule has 1 aromatic rings. The van der Waals surface area contributed by atoms with E-state index in [0.717, 1.165) is 18.4 Å². The molecule has 2 nitrogen and oxygen atoms in total. The number of aliphatic carboxylic acids is 1. The Hall–Kier alpha value is -1.31. The maximum Gasteiger partial charge on any atom is 0.311 e. The highest BCUT2D eigenvalue weighted by Gasteiger charge is 2.30. The van der Waals surface area contributed by atoms with Crippen LogP contribution in [0.25, 0.3) is 0 Å². The highest BCUT2D eigenvalue weighted by atomic mass is 16.4. The molecule has 1 atom stereocenters. The Morgan fingerprint density at radius 1 is 1.18 bits per heavy atom. The maximum atomic E-state index is 11.5. The van der Waals surface area contributed by atoms with Gasteiger partial charge in [0.25, 0.3) is 0 Å². The molecule has 0 aromatic heterocycles. The van der Waals surface area contributed by atoms with Gasteiger partial charge in [0.1, 0.15) is 0 Å². The van der Waals surface area contributed by atoms with Crippen molar-refractivity contribution in [1.82, 2.24) is 0 Å². The van der Waals surface area contributed by atoms with Gasteiger partial charge < -0.3 is 5.11 Å². The van der Waals surface area contributed by atoms with Crippen molar-refractivity contribution in [1.29, 1.82) is 0 Å². The summed E-state index contributed by atoms with van der Waals surface area (Å²) in [6, 6.07) is 7.97. The molecule has 0 amide bonds. The van der Waals surface area contributed by atoms with Crippen LogP contribution in [-0.2, 0) is 4.79 Å². The van der Waals surface area contributed by atoms with Crippen LogP contribution in [0.2, 0.25) is 0 Å². The SMILES string of the molecule is Cc1ccc([C@@H](C(=O)O)C2CCCCC2)cc1. The van der Waals surface area contributed by atoms with Gasteiger partial charge in [0.2, 0.25) is 0 Å². The van der Waals surface area contributed by atoms with Gasteiger partial charge >= 0.3 is 5.97 Å². The van der Waals surface area contributed by atoms with E-state index in [1.807, 2.05) is 31.2 Å². The van der Waals surface area contributed by atoms with E-state index in [2.05, 4.69) is 0 Å². The van der Waals surface area contributed by atoms with Gasteiger partial charge in [-0.1, -0.05) is 49.1 Å². The summed E-state index contributed by atoms with van der Waals surface area (Å²) in [4.78, 5) is 11.5. The van der Waals surface area contributed by atoms with Crippen LogP contribution in [0, 0.1) is 12.8 Å². The predicted octanol–water partition coefficient (Wildman–Crippen LogP) is 3.74. The van der Waals surface area contributed by atoms with Gasteiger partial charge in [-0.15, -0.1) is 0 Å². The Balaban J connectivity index is 2.21. The minimum atomic E-state index is -0.666. The van der Waals surface area contributed by atoms with E-state index < -0.39 is 5.97 Å². The van der Waals surface area contributed by atoms with Gasteiger partial charge in [-0.25, -0.2) is 0 Å². The summed E-state index contributed by atoms with van der Waals surface area (Å²) < 4.78 is 0. The molecule has 0 spiro atoms. The summed E-state index contributed by atoms with van der Waals surface area (Å²) in [5.41, 5.74) is 2.15. The summed E-state index contributed by atoms with van der Waals surface area (Å²) in [5, 5.41) is 9.45. The van der Waals surface area contributed by atoms with E-state index >= 15 is 0 Å².